The number of aromatic nitrogens is 5. The summed E-state index contributed by atoms with van der Waals surface area (Å²) in [6.45, 7) is 8.88. The molecule has 2 atom stereocenters. The van der Waals surface area contributed by atoms with Crippen LogP contribution in [0.5, 0.6) is 5.75 Å². The highest BCUT2D eigenvalue weighted by Gasteiger charge is 2.47. The first-order chi connectivity index (χ1) is 18.4. The van der Waals surface area contributed by atoms with Crippen molar-refractivity contribution in [1.82, 2.24) is 24.6 Å². The molecule has 2 aliphatic rings. The third-order valence-electron chi connectivity index (χ3n) is 7.78. The lowest BCUT2D eigenvalue weighted by Crippen LogP contribution is -2.51. The van der Waals surface area contributed by atoms with Crippen molar-refractivity contribution in [3.05, 3.63) is 47.7 Å². The summed E-state index contributed by atoms with van der Waals surface area (Å²) in [6, 6.07) is 5.03. The Hall–Kier alpha value is -3.68. The second kappa shape index (κ2) is 9.57. The second-order valence-corrected chi connectivity index (χ2v) is 10.8. The quantitative estimate of drug-likeness (QED) is 0.399. The molecule has 0 saturated carbocycles. The minimum Gasteiger partial charge on any atom is -0.490 e. The maximum atomic E-state index is 15.0. The van der Waals surface area contributed by atoms with Gasteiger partial charge in [-0.2, -0.15) is 10.1 Å². The minimum absolute atomic E-state index is 0.0250. The molecule has 0 amide bonds. The molecule has 9 nitrogen and oxygen atoms in total. The van der Waals surface area contributed by atoms with E-state index in [1.807, 2.05) is 24.4 Å². The number of ether oxygens (including phenoxy) is 2. The van der Waals surface area contributed by atoms with Crippen molar-refractivity contribution in [1.29, 1.82) is 0 Å². The van der Waals surface area contributed by atoms with Gasteiger partial charge in [-0.05, 0) is 43.7 Å². The highest BCUT2D eigenvalue weighted by Crippen LogP contribution is 2.42. The Morgan fingerprint density at radius 1 is 1.29 bits per heavy atom. The summed E-state index contributed by atoms with van der Waals surface area (Å²) < 4.78 is 28.4. The summed E-state index contributed by atoms with van der Waals surface area (Å²) in [7, 11) is 0. The van der Waals surface area contributed by atoms with Crippen molar-refractivity contribution in [2.45, 2.75) is 45.8 Å². The zero-order valence-electron chi connectivity index (χ0n) is 21.9. The van der Waals surface area contributed by atoms with Gasteiger partial charge in [0.2, 0.25) is 5.95 Å². The average Bonchev–Trinajstić information content (AvgIpc) is 3.62. The number of halogens is 1. The molecule has 2 fully saturated rings. The number of benzene rings is 1. The number of hydrogen-bond acceptors (Lipinski definition) is 7. The number of nitrogens with one attached hydrogen (secondary N) is 1. The zero-order chi connectivity index (χ0) is 26.4. The van der Waals surface area contributed by atoms with Crippen LogP contribution in [0.1, 0.15) is 44.9 Å². The molecule has 4 aromatic rings. The van der Waals surface area contributed by atoms with Crippen LogP contribution in [0.4, 0.5) is 10.3 Å². The third kappa shape index (κ3) is 4.16. The lowest BCUT2D eigenvalue weighted by Gasteiger charge is -2.41. The number of nitrogens with zero attached hydrogens (tertiary/aromatic N) is 5. The Kier molecular flexibility index (Phi) is 6.20. The molecule has 198 valence electrons. The van der Waals surface area contributed by atoms with Gasteiger partial charge in [0.05, 0.1) is 30.3 Å². The summed E-state index contributed by atoms with van der Waals surface area (Å²) in [4.78, 5) is 11.8. The first-order valence-electron chi connectivity index (χ1n) is 13.1. The minimum atomic E-state index is -0.475. The maximum absolute atomic E-state index is 15.0. The maximum Gasteiger partial charge on any atom is 0.213 e. The van der Waals surface area contributed by atoms with Crippen LogP contribution in [0.15, 0.2) is 30.6 Å². The molecule has 5 heterocycles. The Morgan fingerprint density at radius 3 is 2.84 bits per heavy atom. The fraction of sp³-hybridized carbons (Fsp3) is 0.464. The molecule has 10 heteroatoms. The molecule has 0 aliphatic carbocycles. The van der Waals surface area contributed by atoms with Gasteiger partial charge < -0.3 is 20.1 Å². The van der Waals surface area contributed by atoms with E-state index in [0.29, 0.717) is 35.6 Å². The highest BCUT2D eigenvalue weighted by molar-refractivity contribution is 5.94. The number of rotatable bonds is 4. The lowest BCUT2D eigenvalue weighted by molar-refractivity contribution is 0.0973. The second-order valence-electron chi connectivity index (χ2n) is 10.8. The molecule has 2 saturated heterocycles. The molecule has 1 spiro atoms. The topological polar surface area (TPSA) is 107 Å². The van der Waals surface area contributed by atoms with Gasteiger partial charge in [-0.15, -0.1) is 0 Å². The number of imidazole rings is 1. The smallest absolute Gasteiger partial charge is 0.213 e. The van der Waals surface area contributed by atoms with Gasteiger partial charge in [0.25, 0.3) is 0 Å². The summed E-state index contributed by atoms with van der Waals surface area (Å²) in [6.07, 6.45) is 5.62. The number of anilines is 1. The Balaban J connectivity index is 1.30. The molecule has 3 N–H and O–H groups in total. The SMILES string of the molecule is CC(C)COc1cccc(C#Cc2n[nH]c3nc(N4CCC5(CC4)CO[C@@H](C)[C@H]5N)n4ccnc4c23)c1F. The van der Waals surface area contributed by atoms with E-state index in [9.17, 15) is 4.39 Å². The summed E-state index contributed by atoms with van der Waals surface area (Å²) in [5.74, 6) is 6.74. The van der Waals surface area contributed by atoms with Crippen molar-refractivity contribution in [3.63, 3.8) is 0 Å². The first kappa shape index (κ1) is 24.6. The van der Waals surface area contributed by atoms with Crippen molar-refractivity contribution >= 4 is 22.6 Å². The van der Waals surface area contributed by atoms with Gasteiger partial charge in [0, 0.05) is 36.9 Å². The monoisotopic (exact) mass is 517 g/mol. The summed E-state index contributed by atoms with van der Waals surface area (Å²) in [5, 5.41) is 8.10. The van der Waals surface area contributed by atoms with Gasteiger partial charge in [-0.1, -0.05) is 25.8 Å². The lowest BCUT2D eigenvalue weighted by atomic mass is 9.73. The molecule has 3 aromatic heterocycles. The predicted molar refractivity (Wildman–Crippen MR) is 143 cm³/mol. The van der Waals surface area contributed by atoms with E-state index < -0.39 is 5.82 Å². The third-order valence-corrected chi connectivity index (χ3v) is 7.78. The van der Waals surface area contributed by atoms with Crippen LogP contribution >= 0.6 is 0 Å². The van der Waals surface area contributed by atoms with Gasteiger partial charge in [-0.3, -0.25) is 9.50 Å². The van der Waals surface area contributed by atoms with Crippen LogP contribution < -0.4 is 15.4 Å². The molecule has 1 aromatic carbocycles. The van der Waals surface area contributed by atoms with Crippen LogP contribution in [-0.2, 0) is 4.74 Å². The van der Waals surface area contributed by atoms with Crippen molar-refractivity contribution in [3.8, 4) is 17.6 Å². The molecule has 0 radical (unpaired) electrons. The van der Waals surface area contributed by atoms with Gasteiger partial charge in [-0.25, -0.2) is 9.37 Å². The number of aromatic amines is 1. The molecule has 0 bridgehead atoms. The van der Waals surface area contributed by atoms with E-state index in [0.717, 1.165) is 31.9 Å². The van der Waals surface area contributed by atoms with E-state index in [-0.39, 0.29) is 34.8 Å². The average molecular weight is 518 g/mol. The van der Waals surface area contributed by atoms with Crippen molar-refractivity contribution < 1.29 is 13.9 Å². The van der Waals surface area contributed by atoms with Crippen molar-refractivity contribution in [2.75, 3.05) is 31.2 Å². The number of H-pyrrole nitrogens is 1. The highest BCUT2D eigenvalue weighted by atomic mass is 19.1. The van der Waals surface area contributed by atoms with Crippen LogP contribution in [0, 0.1) is 29.0 Å². The Morgan fingerprint density at radius 2 is 2.11 bits per heavy atom. The molecule has 2 aliphatic heterocycles. The van der Waals surface area contributed by atoms with Gasteiger partial charge >= 0.3 is 0 Å². The van der Waals surface area contributed by atoms with Gasteiger partial charge in [0.1, 0.15) is 5.69 Å². The zero-order valence-corrected chi connectivity index (χ0v) is 21.9. The van der Waals surface area contributed by atoms with Crippen LogP contribution in [0.2, 0.25) is 0 Å². The van der Waals surface area contributed by atoms with E-state index in [1.165, 1.54) is 0 Å². The first-order valence-corrected chi connectivity index (χ1v) is 13.1. The van der Waals surface area contributed by atoms with Crippen molar-refractivity contribution in [2.24, 2.45) is 17.1 Å². The Labute approximate surface area is 220 Å². The summed E-state index contributed by atoms with van der Waals surface area (Å²) in [5.41, 5.74) is 8.53. The standard InChI is InChI=1S/C28H32FN7O2/c1-17(2)15-37-21-6-4-5-19(23(21)29)7-8-20-22-25(34-33-20)32-27(36-14-11-31-26(22)36)35-12-9-28(10-13-35)16-38-18(3)24(28)30/h4-6,11,14,17-18,24H,9-10,12-13,15-16,30H2,1-3H3,(H,33,34)/t18-,24+/m0/s1. The van der Waals surface area contributed by atoms with Crippen LogP contribution in [0.25, 0.3) is 16.7 Å². The fourth-order valence-corrected chi connectivity index (χ4v) is 5.47. The molecule has 38 heavy (non-hydrogen) atoms. The molecule has 6 rings (SSSR count). The van der Waals surface area contributed by atoms with E-state index in [4.69, 9.17) is 20.2 Å². The fourth-order valence-electron chi connectivity index (χ4n) is 5.47. The Bertz CT molecular complexity index is 1540. The molecular formula is C28H32FN7O2. The number of nitrogens with two attached hydrogens (primary N) is 1. The van der Waals surface area contributed by atoms with Crippen LogP contribution in [-0.4, -0.2) is 63.0 Å². The van der Waals surface area contributed by atoms with E-state index >= 15 is 0 Å². The number of fused-ring (bicyclic) bond motifs is 3. The van der Waals surface area contributed by atoms with E-state index in [1.54, 1.807) is 24.4 Å². The normalized spacial score (nSPS) is 20.9. The van der Waals surface area contributed by atoms with E-state index in [2.05, 4.69) is 38.8 Å². The van der Waals surface area contributed by atoms with Gasteiger partial charge in [0.15, 0.2) is 22.9 Å². The predicted octanol–water partition coefficient (Wildman–Crippen LogP) is 3.51. The number of hydrogen-bond donors (Lipinski definition) is 2. The molecular weight excluding hydrogens is 485 g/mol. The largest absolute Gasteiger partial charge is 0.490 e. The molecule has 0 unspecified atom stereocenters. The van der Waals surface area contributed by atoms with Crippen LogP contribution in [0.3, 0.4) is 0 Å². The number of piperidine rings is 1. The summed E-state index contributed by atoms with van der Waals surface area (Å²) >= 11 is 0.